The van der Waals surface area contributed by atoms with Gasteiger partial charge in [-0.1, -0.05) is 36.8 Å². The number of ketones is 1. The van der Waals surface area contributed by atoms with E-state index in [9.17, 15) is 27.6 Å². The lowest BCUT2D eigenvalue weighted by atomic mass is 9.84. The Balaban J connectivity index is 1.36. The fraction of sp³-hybridized carbons (Fsp3) is 0.634. The highest BCUT2D eigenvalue weighted by Crippen LogP contribution is 2.57. The Morgan fingerprint density at radius 3 is 2.47 bits per heavy atom. The topological polar surface area (TPSA) is 167 Å². The van der Waals surface area contributed by atoms with Crippen molar-refractivity contribution in [2.75, 3.05) is 27.4 Å². The number of hydrogen-bond acceptors (Lipinski definition) is 11. The van der Waals surface area contributed by atoms with E-state index in [0.29, 0.717) is 49.1 Å². The first-order valence-corrected chi connectivity index (χ1v) is 20.8. The molecule has 55 heavy (non-hydrogen) atoms. The number of ether oxygens (including phenoxy) is 4. The molecule has 4 aliphatic rings. The summed E-state index contributed by atoms with van der Waals surface area (Å²) in [4.78, 5) is 63.0. The minimum atomic E-state index is -3.96. The van der Waals surface area contributed by atoms with Crippen molar-refractivity contribution in [3.05, 3.63) is 42.6 Å². The van der Waals surface area contributed by atoms with E-state index in [4.69, 9.17) is 18.9 Å². The van der Waals surface area contributed by atoms with Gasteiger partial charge in [-0.2, -0.15) is 0 Å². The van der Waals surface area contributed by atoms with Crippen molar-refractivity contribution >= 4 is 44.4 Å². The van der Waals surface area contributed by atoms with Gasteiger partial charge in [0.15, 0.2) is 5.78 Å². The third-order valence-corrected chi connectivity index (χ3v) is 13.8. The van der Waals surface area contributed by atoms with Crippen LogP contribution in [0, 0.1) is 23.2 Å². The number of fused-ring (bicyclic) bond motifs is 3. The number of amides is 2. The number of rotatable bonds is 10. The minimum absolute atomic E-state index is 0.0249. The maximum Gasteiger partial charge on any atom is 0.307 e. The van der Waals surface area contributed by atoms with Crippen LogP contribution in [-0.2, 0) is 38.7 Å². The standard InChI is InChI=1S/C41H55N3O10S/c1-39(2,3)54-35(46)20-31-26(25-51-5)13-9-7-8-10-14-27-21-41(27,38(48)43-55(49,50)40(4)17-18-40)22-33(45)32-19-28(24-44(32)37(31)47)53-36-30-16-12-11-15-29(30)34(52-6)23-42-36/h10-12,14-16,23,26-28,31-32H,7-9,13,17-22,24-25H2,1-6H3,(H,43,48)/b14-10-/t26-,27+,28+,31-,32-,41+/m0/s1. The summed E-state index contributed by atoms with van der Waals surface area (Å²) in [6.45, 7) is 7.17. The van der Waals surface area contributed by atoms with Crippen LogP contribution in [0.2, 0.25) is 0 Å². The zero-order valence-corrected chi connectivity index (χ0v) is 33.6. The van der Waals surface area contributed by atoms with Crippen LogP contribution in [0.25, 0.3) is 10.8 Å². The predicted molar refractivity (Wildman–Crippen MR) is 205 cm³/mol. The fourth-order valence-corrected chi connectivity index (χ4v) is 9.45. The van der Waals surface area contributed by atoms with Crippen LogP contribution in [-0.4, -0.2) is 91.7 Å². The second-order valence-corrected chi connectivity index (χ2v) is 19.2. The molecular weight excluding hydrogens is 727 g/mol. The van der Waals surface area contributed by atoms with E-state index in [1.54, 1.807) is 48.1 Å². The number of pyridine rings is 1. The number of Topliss-reactive ketones (excluding diaryl/α,β-unsaturated/α-hetero) is 1. The summed E-state index contributed by atoms with van der Waals surface area (Å²) in [7, 11) is -0.837. The molecule has 2 amide bonds. The molecule has 6 rings (SSSR count). The van der Waals surface area contributed by atoms with Crippen LogP contribution < -0.4 is 14.2 Å². The predicted octanol–water partition coefficient (Wildman–Crippen LogP) is 5.30. The second-order valence-electron chi connectivity index (χ2n) is 17.0. The molecule has 3 heterocycles. The monoisotopic (exact) mass is 781 g/mol. The minimum Gasteiger partial charge on any atom is -0.494 e. The number of nitrogens with zero attached hydrogens (tertiary/aromatic N) is 2. The van der Waals surface area contributed by atoms with Gasteiger partial charge >= 0.3 is 5.97 Å². The van der Waals surface area contributed by atoms with Gasteiger partial charge in [0, 0.05) is 37.3 Å². The van der Waals surface area contributed by atoms with Crippen molar-refractivity contribution in [2.24, 2.45) is 23.2 Å². The van der Waals surface area contributed by atoms with E-state index < -0.39 is 61.6 Å². The second kappa shape index (κ2) is 15.8. The first-order chi connectivity index (χ1) is 26.0. The van der Waals surface area contributed by atoms with Gasteiger partial charge in [-0.05, 0) is 84.1 Å². The molecule has 2 aliphatic carbocycles. The lowest BCUT2D eigenvalue weighted by Gasteiger charge is -2.33. The summed E-state index contributed by atoms with van der Waals surface area (Å²) in [5.41, 5.74) is -2.05. The smallest absolute Gasteiger partial charge is 0.307 e. The first-order valence-electron chi connectivity index (χ1n) is 19.4. The Morgan fingerprint density at radius 2 is 1.80 bits per heavy atom. The molecule has 14 heteroatoms. The Kier molecular flexibility index (Phi) is 11.7. The summed E-state index contributed by atoms with van der Waals surface area (Å²) >= 11 is 0. The number of carbonyl (C=O) groups excluding carboxylic acids is 4. The largest absolute Gasteiger partial charge is 0.494 e. The molecule has 0 radical (unpaired) electrons. The van der Waals surface area contributed by atoms with Gasteiger partial charge in [0.25, 0.3) is 0 Å². The molecule has 0 spiro atoms. The van der Waals surface area contributed by atoms with Crippen LogP contribution >= 0.6 is 0 Å². The van der Waals surface area contributed by atoms with Crippen LogP contribution in [0.4, 0.5) is 0 Å². The normalized spacial score (nSPS) is 28.9. The van der Waals surface area contributed by atoms with Crippen LogP contribution in [0.1, 0.15) is 91.9 Å². The third kappa shape index (κ3) is 8.85. The number of aromatic nitrogens is 1. The van der Waals surface area contributed by atoms with E-state index in [1.165, 1.54) is 4.90 Å². The number of carbonyl (C=O) groups is 4. The zero-order valence-electron chi connectivity index (χ0n) is 32.8. The van der Waals surface area contributed by atoms with E-state index in [2.05, 4.69) is 9.71 Å². The van der Waals surface area contributed by atoms with Gasteiger partial charge in [0.2, 0.25) is 27.7 Å². The summed E-state index contributed by atoms with van der Waals surface area (Å²) in [5.74, 6) is -2.65. The Bertz CT molecular complexity index is 1940. The van der Waals surface area contributed by atoms with Crippen LogP contribution in [0.3, 0.4) is 0 Å². The van der Waals surface area contributed by atoms with E-state index in [0.717, 1.165) is 18.2 Å². The van der Waals surface area contributed by atoms with Crippen molar-refractivity contribution in [1.29, 1.82) is 0 Å². The highest BCUT2D eigenvalue weighted by molar-refractivity contribution is 7.91. The Hall–Kier alpha value is -4.04. The van der Waals surface area contributed by atoms with E-state index >= 15 is 0 Å². The molecule has 2 aromatic rings. The molecule has 3 fully saturated rings. The molecule has 300 valence electrons. The van der Waals surface area contributed by atoms with Crippen molar-refractivity contribution in [3.8, 4) is 11.6 Å². The van der Waals surface area contributed by atoms with Crippen molar-refractivity contribution in [3.63, 3.8) is 0 Å². The summed E-state index contributed by atoms with van der Waals surface area (Å²) in [6.07, 6.45) is 8.51. The molecular formula is C41H55N3O10S. The SMILES string of the molecule is COC[C@@H]1CCCC/C=C\[C@@H]2C[C@@]2(C(=O)NS(=O)(=O)C2(C)CC2)CC(=O)[C@@H]2C[C@@H](Oc3ncc(OC)c4ccccc34)CN2C(=O)[C@H]1CC(=O)OC(C)(C)C. The highest BCUT2D eigenvalue weighted by Gasteiger charge is 2.62. The maximum atomic E-state index is 15.0. The number of sulfonamides is 1. The van der Waals surface area contributed by atoms with Crippen molar-refractivity contribution < 1.29 is 46.5 Å². The van der Waals surface area contributed by atoms with Crippen molar-refractivity contribution in [1.82, 2.24) is 14.6 Å². The van der Waals surface area contributed by atoms with Gasteiger partial charge in [0.05, 0.1) is 48.4 Å². The lowest BCUT2D eigenvalue weighted by molar-refractivity contribution is -0.160. The van der Waals surface area contributed by atoms with Gasteiger partial charge < -0.3 is 23.8 Å². The molecule has 1 N–H and O–H groups in total. The molecule has 2 aliphatic heterocycles. The van der Waals surface area contributed by atoms with Gasteiger partial charge in [-0.3, -0.25) is 23.9 Å². The molecule has 0 unspecified atom stereocenters. The first kappa shape index (κ1) is 40.6. The number of hydrogen-bond donors (Lipinski definition) is 1. The molecule has 6 atom stereocenters. The van der Waals surface area contributed by atoms with Crippen LogP contribution in [0.15, 0.2) is 42.6 Å². The number of nitrogens with one attached hydrogen (secondary N) is 1. The van der Waals surface area contributed by atoms with Gasteiger partial charge in [-0.15, -0.1) is 0 Å². The highest BCUT2D eigenvalue weighted by atomic mass is 32.2. The quantitative estimate of drug-likeness (QED) is 0.246. The molecule has 1 aromatic heterocycles. The summed E-state index contributed by atoms with van der Waals surface area (Å²) < 4.78 is 51.1. The number of esters is 1. The summed E-state index contributed by atoms with van der Waals surface area (Å²) in [5, 5.41) is 1.48. The third-order valence-electron chi connectivity index (χ3n) is 11.7. The molecule has 1 aromatic carbocycles. The average Bonchev–Trinajstić information content (AvgIpc) is 4.00. The molecule has 2 saturated carbocycles. The maximum absolute atomic E-state index is 15.0. The zero-order chi connectivity index (χ0) is 39.8. The average molecular weight is 782 g/mol. The number of allylic oxidation sites excluding steroid dienone is 2. The van der Waals surface area contributed by atoms with Crippen molar-refractivity contribution in [2.45, 2.75) is 114 Å². The summed E-state index contributed by atoms with van der Waals surface area (Å²) in [6, 6.07) is 6.47. The molecule has 0 bridgehead atoms. The van der Waals surface area contributed by atoms with E-state index in [-0.39, 0.29) is 50.0 Å². The molecule has 13 nitrogen and oxygen atoms in total. The Morgan fingerprint density at radius 1 is 1.07 bits per heavy atom. The van der Waals surface area contributed by atoms with Gasteiger partial charge in [0.1, 0.15) is 17.5 Å². The molecule has 1 saturated heterocycles. The van der Waals surface area contributed by atoms with Gasteiger partial charge in [-0.25, -0.2) is 13.4 Å². The van der Waals surface area contributed by atoms with E-state index in [1.807, 2.05) is 36.4 Å². The fourth-order valence-electron chi connectivity index (χ4n) is 8.11. The number of benzene rings is 1. The number of methoxy groups -OCH3 is 2. The Labute approximate surface area is 323 Å². The lowest BCUT2D eigenvalue weighted by Crippen LogP contribution is -2.48. The van der Waals surface area contributed by atoms with Crippen LogP contribution in [0.5, 0.6) is 11.6 Å².